The Kier molecular flexibility index (Phi) is 6.27. The number of halogens is 1. The van der Waals surface area contributed by atoms with Crippen molar-refractivity contribution < 1.29 is 4.74 Å². The third kappa shape index (κ3) is 5.52. The molecule has 2 nitrogen and oxygen atoms in total. The summed E-state index contributed by atoms with van der Waals surface area (Å²) >= 11 is 3.49. The minimum Gasteiger partial charge on any atom is -0.488 e. The van der Waals surface area contributed by atoms with Gasteiger partial charge < -0.3 is 10.1 Å². The van der Waals surface area contributed by atoms with E-state index in [9.17, 15) is 0 Å². The van der Waals surface area contributed by atoms with Crippen LogP contribution in [-0.2, 0) is 13.0 Å². The van der Waals surface area contributed by atoms with Crippen LogP contribution in [0, 0.1) is 0 Å². The van der Waals surface area contributed by atoms with Crippen LogP contribution < -0.4 is 10.1 Å². The maximum Gasteiger partial charge on any atom is 0.133 e. The fourth-order valence-corrected chi connectivity index (χ4v) is 2.43. The van der Waals surface area contributed by atoms with Crippen LogP contribution in [0.2, 0.25) is 0 Å². The second-order valence-corrected chi connectivity index (χ2v) is 6.25. The molecule has 0 atom stereocenters. The van der Waals surface area contributed by atoms with E-state index in [2.05, 4.69) is 59.4 Å². The van der Waals surface area contributed by atoms with Gasteiger partial charge >= 0.3 is 0 Å². The molecule has 3 heteroatoms. The molecule has 2 aromatic carbocycles. The number of rotatable bonds is 7. The van der Waals surface area contributed by atoms with Crippen molar-refractivity contribution in [3.8, 4) is 5.75 Å². The summed E-state index contributed by atoms with van der Waals surface area (Å²) in [5.41, 5.74) is 2.54. The molecule has 0 aromatic heterocycles. The summed E-state index contributed by atoms with van der Waals surface area (Å²) in [5.74, 6) is 0.878. The number of nitrogens with one attached hydrogen (secondary N) is 1. The van der Waals surface area contributed by atoms with Gasteiger partial charge in [-0.2, -0.15) is 0 Å². The molecule has 0 aliphatic carbocycles. The Balaban J connectivity index is 1.84. The Labute approximate surface area is 135 Å². The Morgan fingerprint density at radius 3 is 2.33 bits per heavy atom. The minimum atomic E-state index is 0.544. The number of benzene rings is 2. The first-order chi connectivity index (χ1) is 10.1. The van der Waals surface area contributed by atoms with Gasteiger partial charge in [-0.15, -0.1) is 0 Å². The highest BCUT2D eigenvalue weighted by atomic mass is 79.9. The van der Waals surface area contributed by atoms with Crippen molar-refractivity contribution >= 4 is 15.9 Å². The van der Waals surface area contributed by atoms with Crippen LogP contribution in [0.3, 0.4) is 0 Å². The molecule has 0 saturated carbocycles. The molecular weight excluding hydrogens is 326 g/mol. The van der Waals surface area contributed by atoms with Crippen LogP contribution in [0.25, 0.3) is 0 Å². The van der Waals surface area contributed by atoms with Gasteiger partial charge in [0.15, 0.2) is 0 Å². The molecule has 0 aliphatic heterocycles. The molecule has 0 radical (unpaired) electrons. The highest BCUT2D eigenvalue weighted by molar-refractivity contribution is 9.10. The van der Waals surface area contributed by atoms with Gasteiger partial charge in [0.2, 0.25) is 0 Å². The Morgan fingerprint density at radius 1 is 1.00 bits per heavy atom. The second kappa shape index (κ2) is 8.20. The molecule has 112 valence electrons. The minimum absolute atomic E-state index is 0.544. The molecule has 1 N–H and O–H groups in total. The van der Waals surface area contributed by atoms with Crippen LogP contribution in [0.15, 0.2) is 53.0 Å². The van der Waals surface area contributed by atoms with Crippen molar-refractivity contribution in [2.75, 3.05) is 6.54 Å². The fraction of sp³-hybridized carbons (Fsp3) is 0.333. The highest BCUT2D eigenvalue weighted by Gasteiger charge is 2.01. The molecule has 0 bridgehead atoms. The van der Waals surface area contributed by atoms with Gasteiger partial charge in [0.25, 0.3) is 0 Å². The first-order valence-corrected chi connectivity index (χ1v) is 8.13. The zero-order valence-corrected chi connectivity index (χ0v) is 14.2. The van der Waals surface area contributed by atoms with Crippen LogP contribution in [0.1, 0.15) is 25.0 Å². The quantitative estimate of drug-likeness (QED) is 0.792. The highest BCUT2D eigenvalue weighted by Crippen LogP contribution is 2.24. The van der Waals surface area contributed by atoms with Gasteiger partial charge in [-0.1, -0.05) is 50.2 Å². The number of ether oxygens (including phenoxy) is 1. The molecular formula is C18H22BrNO. The van der Waals surface area contributed by atoms with E-state index < -0.39 is 0 Å². The van der Waals surface area contributed by atoms with Crippen molar-refractivity contribution in [2.45, 2.75) is 32.9 Å². The van der Waals surface area contributed by atoms with E-state index in [0.717, 1.165) is 23.2 Å². The average molecular weight is 348 g/mol. The van der Waals surface area contributed by atoms with E-state index in [-0.39, 0.29) is 0 Å². The fourth-order valence-electron chi connectivity index (χ4n) is 2.03. The Morgan fingerprint density at radius 2 is 1.67 bits per heavy atom. The van der Waals surface area contributed by atoms with Crippen LogP contribution in [0.5, 0.6) is 5.75 Å². The van der Waals surface area contributed by atoms with Crippen LogP contribution in [0.4, 0.5) is 0 Å². The SMILES string of the molecule is CC(C)NCCc1ccc(COc2ccccc2Br)cc1. The summed E-state index contributed by atoms with van der Waals surface area (Å²) in [6.45, 7) is 5.95. The molecule has 0 aliphatic rings. The van der Waals surface area contributed by atoms with Gasteiger partial charge in [0.1, 0.15) is 12.4 Å². The normalized spacial score (nSPS) is 10.9. The Hall–Kier alpha value is -1.32. The molecule has 21 heavy (non-hydrogen) atoms. The molecule has 0 saturated heterocycles. The third-order valence-electron chi connectivity index (χ3n) is 3.22. The second-order valence-electron chi connectivity index (χ2n) is 5.39. The molecule has 2 rings (SSSR count). The van der Waals surface area contributed by atoms with E-state index in [1.165, 1.54) is 11.1 Å². The van der Waals surface area contributed by atoms with E-state index >= 15 is 0 Å². The standard InChI is InChI=1S/C18H22BrNO/c1-14(2)20-12-11-15-7-9-16(10-8-15)13-21-18-6-4-3-5-17(18)19/h3-10,14,20H,11-13H2,1-2H3. The molecule has 0 heterocycles. The lowest BCUT2D eigenvalue weighted by Crippen LogP contribution is -2.24. The molecule has 0 amide bonds. The number of para-hydroxylation sites is 1. The zero-order chi connectivity index (χ0) is 15.1. The summed E-state index contributed by atoms with van der Waals surface area (Å²) in [7, 11) is 0. The lowest BCUT2D eigenvalue weighted by molar-refractivity contribution is 0.304. The van der Waals surface area contributed by atoms with E-state index in [0.29, 0.717) is 12.6 Å². The van der Waals surface area contributed by atoms with E-state index in [1.807, 2.05) is 24.3 Å². The zero-order valence-electron chi connectivity index (χ0n) is 12.6. The monoisotopic (exact) mass is 347 g/mol. The summed E-state index contributed by atoms with van der Waals surface area (Å²) in [6, 6.07) is 17.1. The van der Waals surface area contributed by atoms with Gasteiger partial charge in [-0.25, -0.2) is 0 Å². The molecule has 2 aromatic rings. The average Bonchev–Trinajstić information content (AvgIpc) is 2.47. The number of hydrogen-bond donors (Lipinski definition) is 1. The largest absolute Gasteiger partial charge is 0.488 e. The maximum absolute atomic E-state index is 5.82. The predicted octanol–water partition coefficient (Wildman–Crippen LogP) is 4.57. The predicted molar refractivity (Wildman–Crippen MR) is 91.8 cm³/mol. The Bertz CT molecular complexity index is 551. The lowest BCUT2D eigenvalue weighted by atomic mass is 10.1. The molecule has 0 unspecified atom stereocenters. The maximum atomic E-state index is 5.82. The molecule has 0 spiro atoms. The van der Waals surface area contributed by atoms with Crippen LogP contribution in [-0.4, -0.2) is 12.6 Å². The van der Waals surface area contributed by atoms with Crippen molar-refractivity contribution in [3.63, 3.8) is 0 Å². The summed E-state index contributed by atoms with van der Waals surface area (Å²) in [5, 5.41) is 3.43. The van der Waals surface area contributed by atoms with Gasteiger partial charge in [-0.3, -0.25) is 0 Å². The first kappa shape index (κ1) is 16.1. The number of hydrogen-bond acceptors (Lipinski definition) is 2. The van der Waals surface area contributed by atoms with Crippen molar-refractivity contribution in [3.05, 3.63) is 64.1 Å². The van der Waals surface area contributed by atoms with Crippen molar-refractivity contribution in [1.29, 1.82) is 0 Å². The van der Waals surface area contributed by atoms with Crippen LogP contribution >= 0.6 is 15.9 Å². The van der Waals surface area contributed by atoms with Gasteiger partial charge in [0.05, 0.1) is 4.47 Å². The van der Waals surface area contributed by atoms with E-state index in [1.54, 1.807) is 0 Å². The van der Waals surface area contributed by atoms with Gasteiger partial charge in [0, 0.05) is 6.04 Å². The summed E-state index contributed by atoms with van der Waals surface area (Å²) in [4.78, 5) is 0. The summed E-state index contributed by atoms with van der Waals surface area (Å²) < 4.78 is 6.80. The van der Waals surface area contributed by atoms with Gasteiger partial charge in [-0.05, 0) is 52.2 Å². The third-order valence-corrected chi connectivity index (χ3v) is 3.88. The van der Waals surface area contributed by atoms with Crippen molar-refractivity contribution in [2.24, 2.45) is 0 Å². The molecule has 0 fully saturated rings. The lowest BCUT2D eigenvalue weighted by Gasteiger charge is -2.10. The first-order valence-electron chi connectivity index (χ1n) is 7.33. The topological polar surface area (TPSA) is 21.3 Å². The smallest absolute Gasteiger partial charge is 0.133 e. The van der Waals surface area contributed by atoms with Crippen molar-refractivity contribution in [1.82, 2.24) is 5.32 Å². The summed E-state index contributed by atoms with van der Waals surface area (Å²) in [6.07, 6.45) is 1.06. The van der Waals surface area contributed by atoms with E-state index in [4.69, 9.17) is 4.74 Å².